The lowest BCUT2D eigenvalue weighted by Crippen LogP contribution is -2.52. The van der Waals surface area contributed by atoms with Crippen molar-refractivity contribution < 1.29 is 4.79 Å². The van der Waals surface area contributed by atoms with Gasteiger partial charge in [-0.05, 0) is 12.1 Å². The topological polar surface area (TPSA) is 59.4 Å². The Morgan fingerprint density at radius 1 is 1.33 bits per heavy atom. The van der Waals surface area contributed by atoms with E-state index in [0.29, 0.717) is 25.2 Å². The van der Waals surface area contributed by atoms with Crippen molar-refractivity contribution in [3.8, 4) is 6.07 Å². The Kier molecular flexibility index (Phi) is 5.23. The van der Waals surface area contributed by atoms with Gasteiger partial charge in [0.1, 0.15) is 6.07 Å². The Morgan fingerprint density at radius 2 is 2.00 bits per heavy atom. The number of nitrogens with one attached hydrogen (secondary N) is 1. The first-order valence-electron chi connectivity index (χ1n) is 6.72. The number of nitrogens with zero attached hydrogens (tertiary/aromatic N) is 3. The molecule has 0 radical (unpaired) electrons. The summed E-state index contributed by atoms with van der Waals surface area (Å²) in [5, 5.41) is 11.9. The molecule has 0 aliphatic carbocycles. The van der Waals surface area contributed by atoms with E-state index in [2.05, 4.69) is 38.8 Å². The van der Waals surface area contributed by atoms with Crippen LogP contribution in [-0.4, -0.2) is 43.7 Å². The quantitative estimate of drug-likeness (QED) is 0.911. The number of amides is 2. The van der Waals surface area contributed by atoms with E-state index in [1.807, 2.05) is 24.3 Å². The number of anilines is 1. The first-order chi connectivity index (χ1) is 10.1. The first-order valence-corrected chi connectivity index (χ1v) is 7.51. The third kappa shape index (κ3) is 3.99. The minimum atomic E-state index is -0.0798. The number of benzene rings is 1. The minimum absolute atomic E-state index is 0.0798. The van der Waals surface area contributed by atoms with E-state index in [0.717, 1.165) is 23.3 Å². The third-order valence-electron chi connectivity index (χ3n) is 3.36. The molecule has 5 nitrogen and oxygen atoms in total. The molecular weight excluding hydrogens is 332 g/mol. The molecule has 0 bridgehead atoms. The molecule has 110 valence electrons. The van der Waals surface area contributed by atoms with Gasteiger partial charge < -0.3 is 15.1 Å². The molecule has 1 heterocycles. The van der Waals surface area contributed by atoms with Crippen LogP contribution in [-0.2, 0) is 0 Å². The van der Waals surface area contributed by atoms with Gasteiger partial charge in [0.2, 0.25) is 0 Å². The van der Waals surface area contributed by atoms with Crippen LogP contribution in [0.25, 0.3) is 0 Å². The van der Waals surface area contributed by atoms with E-state index in [-0.39, 0.29) is 6.03 Å². The van der Waals surface area contributed by atoms with Crippen LogP contribution in [0.15, 0.2) is 35.3 Å². The van der Waals surface area contributed by atoms with Crippen LogP contribution >= 0.6 is 15.9 Å². The average Bonchev–Trinajstić information content (AvgIpc) is 2.52. The zero-order valence-corrected chi connectivity index (χ0v) is 13.3. The van der Waals surface area contributed by atoms with Crippen LogP contribution < -0.4 is 10.2 Å². The van der Waals surface area contributed by atoms with E-state index in [9.17, 15) is 4.79 Å². The van der Waals surface area contributed by atoms with Gasteiger partial charge >= 0.3 is 6.03 Å². The van der Waals surface area contributed by atoms with Crippen molar-refractivity contribution >= 4 is 27.6 Å². The van der Waals surface area contributed by atoms with Crippen molar-refractivity contribution in [1.82, 2.24) is 10.2 Å². The fraction of sp³-hybridized carbons (Fsp3) is 0.333. The van der Waals surface area contributed by atoms with Gasteiger partial charge in [-0.3, -0.25) is 0 Å². The summed E-state index contributed by atoms with van der Waals surface area (Å²) in [6.45, 7) is 6.84. The largest absolute Gasteiger partial charge is 0.367 e. The first kappa shape index (κ1) is 15.4. The number of rotatable bonds is 3. The number of hydrogen-bond acceptors (Lipinski definition) is 3. The molecule has 1 N–H and O–H groups in total. The smallest absolute Gasteiger partial charge is 0.317 e. The number of halogens is 1. The van der Waals surface area contributed by atoms with Crippen LogP contribution in [0.1, 0.15) is 5.56 Å². The lowest BCUT2D eigenvalue weighted by Gasteiger charge is -2.36. The van der Waals surface area contributed by atoms with E-state index in [1.165, 1.54) is 0 Å². The van der Waals surface area contributed by atoms with Gasteiger partial charge in [0.15, 0.2) is 0 Å². The van der Waals surface area contributed by atoms with Crippen molar-refractivity contribution in [1.29, 1.82) is 5.26 Å². The van der Waals surface area contributed by atoms with Gasteiger partial charge in [-0.2, -0.15) is 5.26 Å². The van der Waals surface area contributed by atoms with Crippen molar-refractivity contribution in [2.75, 3.05) is 37.6 Å². The maximum absolute atomic E-state index is 12.0. The number of para-hydroxylation sites is 1. The highest BCUT2D eigenvalue weighted by Gasteiger charge is 2.22. The SMILES string of the molecule is C=C(Br)CNC(=O)N1CCN(c2ccccc2C#N)CC1. The van der Waals surface area contributed by atoms with Crippen molar-refractivity contribution in [2.24, 2.45) is 0 Å². The minimum Gasteiger partial charge on any atom is -0.367 e. The van der Waals surface area contributed by atoms with E-state index in [4.69, 9.17) is 5.26 Å². The second-order valence-electron chi connectivity index (χ2n) is 4.78. The lowest BCUT2D eigenvalue weighted by molar-refractivity contribution is 0.195. The van der Waals surface area contributed by atoms with Gasteiger partial charge in [0.25, 0.3) is 0 Å². The molecule has 0 unspecified atom stereocenters. The molecular formula is C15H17BrN4O. The molecule has 1 aliphatic rings. The third-order valence-corrected chi connectivity index (χ3v) is 3.64. The van der Waals surface area contributed by atoms with Crippen molar-refractivity contribution in [3.05, 3.63) is 40.9 Å². The fourth-order valence-electron chi connectivity index (χ4n) is 2.28. The number of piperazine rings is 1. The van der Waals surface area contributed by atoms with Gasteiger partial charge in [0, 0.05) is 30.7 Å². The molecule has 0 aromatic heterocycles. The molecule has 2 amide bonds. The highest BCUT2D eigenvalue weighted by molar-refractivity contribution is 9.11. The second-order valence-corrected chi connectivity index (χ2v) is 5.90. The summed E-state index contributed by atoms with van der Waals surface area (Å²) in [5.41, 5.74) is 1.61. The Morgan fingerprint density at radius 3 is 2.62 bits per heavy atom. The van der Waals surface area contributed by atoms with Crippen LogP contribution in [0.2, 0.25) is 0 Å². The predicted molar refractivity (Wildman–Crippen MR) is 86.4 cm³/mol. The molecule has 21 heavy (non-hydrogen) atoms. The van der Waals surface area contributed by atoms with Crippen LogP contribution in [0, 0.1) is 11.3 Å². The molecule has 1 aliphatic heterocycles. The predicted octanol–water partition coefficient (Wildman–Crippen LogP) is 2.30. The van der Waals surface area contributed by atoms with Crippen LogP contribution in [0.3, 0.4) is 0 Å². The summed E-state index contributed by atoms with van der Waals surface area (Å²) in [4.78, 5) is 15.9. The summed E-state index contributed by atoms with van der Waals surface area (Å²) >= 11 is 3.22. The fourth-order valence-corrected chi connectivity index (χ4v) is 2.42. The summed E-state index contributed by atoms with van der Waals surface area (Å²) in [7, 11) is 0. The Hall–Kier alpha value is -2.00. The summed E-state index contributed by atoms with van der Waals surface area (Å²) < 4.78 is 0.748. The second kappa shape index (κ2) is 7.14. The monoisotopic (exact) mass is 348 g/mol. The zero-order chi connectivity index (χ0) is 15.2. The molecule has 1 aromatic carbocycles. The molecule has 6 heteroatoms. The molecule has 1 saturated heterocycles. The molecule has 0 saturated carbocycles. The Balaban J connectivity index is 1.93. The summed E-state index contributed by atoms with van der Waals surface area (Å²) in [6.07, 6.45) is 0. The van der Waals surface area contributed by atoms with Crippen molar-refractivity contribution in [3.63, 3.8) is 0 Å². The van der Waals surface area contributed by atoms with Crippen molar-refractivity contribution in [2.45, 2.75) is 0 Å². The maximum Gasteiger partial charge on any atom is 0.317 e. The van der Waals surface area contributed by atoms with Crippen LogP contribution in [0.4, 0.5) is 10.5 Å². The molecule has 2 rings (SSSR count). The maximum atomic E-state index is 12.0. The average molecular weight is 349 g/mol. The number of nitriles is 1. The highest BCUT2D eigenvalue weighted by Crippen LogP contribution is 2.20. The number of hydrogen-bond donors (Lipinski definition) is 1. The molecule has 1 aromatic rings. The number of urea groups is 1. The van der Waals surface area contributed by atoms with E-state index < -0.39 is 0 Å². The zero-order valence-electron chi connectivity index (χ0n) is 11.7. The van der Waals surface area contributed by atoms with Gasteiger partial charge in [0.05, 0.1) is 17.8 Å². The lowest BCUT2D eigenvalue weighted by atomic mass is 10.1. The van der Waals surface area contributed by atoms with E-state index >= 15 is 0 Å². The van der Waals surface area contributed by atoms with Crippen LogP contribution in [0.5, 0.6) is 0 Å². The molecule has 1 fully saturated rings. The van der Waals surface area contributed by atoms with Gasteiger partial charge in [-0.25, -0.2) is 4.79 Å². The van der Waals surface area contributed by atoms with Gasteiger partial charge in [-0.15, -0.1) is 0 Å². The standard InChI is InChI=1S/C15H17BrN4O/c1-12(16)11-18-15(21)20-8-6-19(7-9-20)14-5-3-2-4-13(14)10-17/h2-5H,1,6-9,11H2,(H,18,21). The highest BCUT2D eigenvalue weighted by atomic mass is 79.9. The van der Waals surface area contributed by atoms with Gasteiger partial charge in [-0.1, -0.05) is 34.6 Å². The molecule has 0 atom stereocenters. The number of carbonyl (C=O) groups excluding carboxylic acids is 1. The number of carbonyl (C=O) groups is 1. The van der Waals surface area contributed by atoms with E-state index in [1.54, 1.807) is 4.90 Å². The summed E-state index contributed by atoms with van der Waals surface area (Å²) in [5.74, 6) is 0. The molecule has 0 spiro atoms. The summed E-state index contributed by atoms with van der Waals surface area (Å²) in [6, 6.07) is 9.68. The Labute approximate surface area is 133 Å². The normalized spacial score (nSPS) is 14.5. The Bertz CT molecular complexity index is 573.